The van der Waals surface area contributed by atoms with E-state index in [1.165, 1.54) is 6.42 Å². The van der Waals surface area contributed by atoms with E-state index in [1.807, 2.05) is 6.92 Å². The minimum atomic E-state index is -3.64. The zero-order valence-electron chi connectivity index (χ0n) is 17.0. The molecule has 0 rings (SSSR count). The second kappa shape index (κ2) is 46.9. The van der Waals surface area contributed by atoms with Crippen LogP contribution in [0.4, 0.5) is 0 Å². The van der Waals surface area contributed by atoms with Gasteiger partial charge >= 0.3 is 7.60 Å². The molecule has 0 saturated heterocycles. The van der Waals surface area contributed by atoms with Gasteiger partial charge in [0.05, 0.1) is 7.14 Å². The van der Waals surface area contributed by atoms with Crippen LogP contribution in [-0.4, -0.2) is 43.1 Å². The Morgan fingerprint density at radius 2 is 1.12 bits per heavy atom. The van der Waals surface area contributed by atoms with Gasteiger partial charge in [0, 0.05) is 118 Å². The van der Waals surface area contributed by atoms with Crippen molar-refractivity contribution in [2.45, 2.75) is 41.5 Å². The third kappa shape index (κ3) is 572. The Morgan fingerprint density at radius 1 is 1.08 bits per heavy atom. The van der Waals surface area contributed by atoms with Gasteiger partial charge in [-0.3, -0.25) is 9.13 Å². The molecule has 0 fully saturated rings. The Balaban J connectivity index is -0.0000000149. The predicted octanol–water partition coefficient (Wildman–Crippen LogP) is 5.66. The summed E-state index contributed by atoms with van der Waals surface area (Å²) in [6, 6.07) is 0. The van der Waals surface area contributed by atoms with Gasteiger partial charge < -0.3 is 33.6 Å². The molecular weight excluding hydrogens is 754 g/mol. The summed E-state index contributed by atoms with van der Waals surface area (Å²) in [5.74, 6) is 0.509. The molecule has 0 heterocycles. The van der Waals surface area contributed by atoms with Crippen molar-refractivity contribution in [3.8, 4) is 0 Å². The average molecular weight is 793 g/mol. The molecule has 26 heavy (non-hydrogen) atoms. The molecule has 0 aliphatic carbocycles. The molecule has 1 atom stereocenters. The van der Waals surface area contributed by atoms with Crippen LogP contribution in [0.25, 0.3) is 0 Å². The molecular formula is C14H39O5P3VWY2-2. The Hall–Kier alpha value is 3.96. The molecule has 12 heteroatoms. The Labute approximate surface area is 242 Å². The van der Waals surface area contributed by atoms with Crippen LogP contribution in [-0.2, 0) is 119 Å². The molecule has 0 aromatic rings. The van der Waals surface area contributed by atoms with Crippen LogP contribution >= 0.6 is 23.2 Å². The quantitative estimate of drug-likeness (QED) is 0.264. The summed E-state index contributed by atoms with van der Waals surface area (Å²) in [4.78, 5) is 15.3. The molecule has 0 aromatic heterocycles. The molecule has 0 bridgehead atoms. The van der Waals surface area contributed by atoms with Crippen molar-refractivity contribution in [3.05, 3.63) is 13.3 Å². The van der Waals surface area contributed by atoms with Crippen molar-refractivity contribution in [2.75, 3.05) is 33.3 Å². The fourth-order valence-electron chi connectivity index (χ4n) is 0. The fraction of sp³-hybridized carbons (Fsp3) is 0.857. The van der Waals surface area contributed by atoms with Gasteiger partial charge in [0.15, 0.2) is 8.46 Å². The summed E-state index contributed by atoms with van der Waals surface area (Å²) in [5, 5.41) is 0. The van der Waals surface area contributed by atoms with Crippen LogP contribution in [0.15, 0.2) is 0 Å². The van der Waals surface area contributed by atoms with E-state index in [4.69, 9.17) is 14.4 Å². The minimum absolute atomic E-state index is 0. The number of rotatable bonds is 1. The summed E-state index contributed by atoms with van der Waals surface area (Å²) in [6.45, 7) is 19.6. The molecule has 0 saturated carbocycles. The van der Waals surface area contributed by atoms with Crippen molar-refractivity contribution in [1.29, 1.82) is 0 Å². The molecule has 0 spiro atoms. The van der Waals surface area contributed by atoms with Crippen molar-refractivity contribution < 1.29 is 129 Å². The normalized spacial score (nSPS) is 8.92. The van der Waals surface area contributed by atoms with Gasteiger partial charge in [0.1, 0.15) is 0 Å². The van der Waals surface area contributed by atoms with Crippen LogP contribution in [0, 0.1) is 19.3 Å². The maximum atomic E-state index is 10.2. The van der Waals surface area contributed by atoms with E-state index < -0.39 is 14.7 Å². The zero-order valence-corrected chi connectivity index (χ0v) is 29.7. The molecule has 3 radical (unpaired) electrons. The van der Waals surface area contributed by atoms with E-state index >= 15 is 0 Å². The summed E-state index contributed by atoms with van der Waals surface area (Å²) in [5.41, 5.74) is 0. The molecule has 0 aliphatic rings. The van der Waals surface area contributed by atoms with Crippen molar-refractivity contribution >= 4 is 23.2 Å². The van der Waals surface area contributed by atoms with Crippen molar-refractivity contribution in [3.63, 3.8) is 0 Å². The van der Waals surface area contributed by atoms with E-state index in [2.05, 4.69) is 34.1 Å². The van der Waals surface area contributed by atoms with Crippen LogP contribution in [0.5, 0.6) is 0 Å². The van der Waals surface area contributed by atoms with Gasteiger partial charge in [-0.25, -0.2) is 0 Å². The van der Waals surface area contributed by atoms with E-state index in [-0.39, 0.29) is 121 Å². The SMILES string of the molecule is C.CCC.CP(=O)(O)O.CP(C)(C)=O.CP=O.[CH2-]C(C)[CH-]C.[V].[W].[Y].[Y]. The average Bonchev–Trinajstić information content (AvgIpc) is 2.14. The molecule has 0 amide bonds. The van der Waals surface area contributed by atoms with Crippen LogP contribution < -0.4 is 0 Å². The molecule has 2 N–H and O–H groups in total. The maximum Gasteiger partial charge on any atom is 0.322 e. The molecule has 1 unspecified atom stereocenters. The number of hydrogen-bond acceptors (Lipinski definition) is 3. The Morgan fingerprint density at radius 3 is 1.12 bits per heavy atom. The van der Waals surface area contributed by atoms with E-state index in [0.29, 0.717) is 5.92 Å². The summed E-state index contributed by atoms with van der Waals surface area (Å²) in [7, 11) is -5.11. The molecule has 5 nitrogen and oxygen atoms in total. The van der Waals surface area contributed by atoms with Gasteiger partial charge in [-0.15, -0.1) is 6.92 Å². The third-order valence-corrected chi connectivity index (χ3v) is 0.569. The largest absolute Gasteiger partial charge is 0.370 e. The van der Waals surface area contributed by atoms with E-state index in [9.17, 15) is 9.13 Å². The molecule has 0 aliphatic heterocycles. The van der Waals surface area contributed by atoms with Gasteiger partial charge in [-0.05, 0) is 20.0 Å². The Bertz CT molecular complexity index is 255. The van der Waals surface area contributed by atoms with Gasteiger partial charge in [0.2, 0.25) is 0 Å². The zero-order chi connectivity index (χ0) is 18.7. The van der Waals surface area contributed by atoms with E-state index in [1.54, 1.807) is 26.7 Å². The predicted molar refractivity (Wildman–Crippen MR) is 104 cm³/mol. The monoisotopic (exact) mass is 793 g/mol. The molecule has 0 aromatic carbocycles. The first-order valence-electron chi connectivity index (χ1n) is 6.49. The smallest absolute Gasteiger partial charge is 0.322 e. The third-order valence-electron chi connectivity index (χ3n) is 0.569. The minimum Gasteiger partial charge on any atom is -0.370 e. The summed E-state index contributed by atoms with van der Waals surface area (Å²) < 4.78 is 28.4. The first-order valence-corrected chi connectivity index (χ1v) is 12.9. The van der Waals surface area contributed by atoms with Crippen LogP contribution in [0.2, 0.25) is 0 Å². The first kappa shape index (κ1) is 63.1. The van der Waals surface area contributed by atoms with Crippen LogP contribution in [0.1, 0.15) is 41.5 Å². The van der Waals surface area contributed by atoms with E-state index in [0.717, 1.165) is 6.66 Å². The fourth-order valence-corrected chi connectivity index (χ4v) is 0. The van der Waals surface area contributed by atoms with Crippen molar-refractivity contribution in [1.82, 2.24) is 0 Å². The van der Waals surface area contributed by atoms with Gasteiger partial charge in [-0.1, -0.05) is 27.7 Å². The van der Waals surface area contributed by atoms with Crippen molar-refractivity contribution in [2.24, 2.45) is 5.92 Å². The standard InChI is InChI=1S/C5H10.C3H9OP.C3H8.CH5O3P.CH3OP.CH4.V.W.2Y/c1-4-5(2)3;1-5(2,3)4;1-3-2;1-5(2,3)4;1-3-2;;;;;/h4-5H,2H2,1,3H3;1-3H3;3H2,1-2H3;1H3,(H2,2,3,4);1H3;1H4;;;;/q-2;;;;;;;;;. The summed E-state index contributed by atoms with van der Waals surface area (Å²) >= 11 is 0. The van der Waals surface area contributed by atoms with Crippen LogP contribution in [0.3, 0.4) is 0 Å². The molecule has 159 valence electrons. The summed E-state index contributed by atoms with van der Waals surface area (Å²) in [6.07, 6.45) is 3.31. The topological polar surface area (TPSA) is 91.7 Å². The first-order chi connectivity index (χ1) is 9.10. The van der Waals surface area contributed by atoms with Gasteiger partial charge in [-0.2, -0.15) is 6.92 Å². The second-order valence-electron chi connectivity index (χ2n) is 4.92. The Kier molecular flexibility index (Phi) is 114. The van der Waals surface area contributed by atoms with Gasteiger partial charge in [0.25, 0.3) is 0 Å². The number of hydrogen-bond donors (Lipinski definition) is 2. The second-order valence-corrected chi connectivity index (χ2v) is 10.7. The maximum absolute atomic E-state index is 10.2.